The van der Waals surface area contributed by atoms with Crippen LogP contribution in [0, 0.1) is 17.3 Å². The van der Waals surface area contributed by atoms with E-state index in [1.807, 2.05) is 0 Å². The molecule has 1 aliphatic heterocycles. The Morgan fingerprint density at radius 3 is 2.58 bits per heavy atom. The monoisotopic (exact) mass is 268 g/mol. The van der Waals surface area contributed by atoms with Crippen molar-refractivity contribution >= 4 is 5.91 Å². The number of nitrogens with one attached hydrogen (secondary N) is 1. The lowest BCUT2D eigenvalue weighted by Gasteiger charge is -2.31. The Kier molecular flexibility index (Phi) is 4.85. The minimum Gasteiger partial charge on any atom is -0.379 e. The number of amides is 1. The largest absolute Gasteiger partial charge is 0.379 e. The molecule has 0 radical (unpaired) electrons. The van der Waals surface area contributed by atoms with Crippen molar-refractivity contribution in [3.8, 4) is 0 Å². The van der Waals surface area contributed by atoms with Crippen molar-refractivity contribution in [3.63, 3.8) is 0 Å². The molecule has 3 N–H and O–H groups in total. The second kappa shape index (κ2) is 6.23. The number of carbonyl (C=O) groups excluding carboxylic acids is 1. The summed E-state index contributed by atoms with van der Waals surface area (Å²) in [5.41, 5.74) is 6.22. The van der Waals surface area contributed by atoms with E-state index in [0.717, 1.165) is 6.54 Å². The highest BCUT2D eigenvalue weighted by Gasteiger charge is 2.37. The highest BCUT2D eigenvalue weighted by atomic mass is 16.5. The molecule has 1 saturated carbocycles. The van der Waals surface area contributed by atoms with Crippen LogP contribution >= 0.6 is 0 Å². The maximum Gasteiger partial charge on any atom is 0.227 e. The van der Waals surface area contributed by atoms with Gasteiger partial charge in [0.2, 0.25) is 5.91 Å². The number of rotatable bonds is 5. The Bertz CT molecular complexity index is 311. The first-order valence-corrected chi connectivity index (χ1v) is 7.63. The standard InChI is InChI=1S/C15H28N2O2/c1-11(2)7-15(5-3-4-6-15)10-17-14(18)12-8-19-9-13(12)16/h11-13H,3-10,16H2,1-2H3,(H,17,18). The van der Waals surface area contributed by atoms with E-state index in [0.29, 0.717) is 24.5 Å². The molecule has 2 aliphatic rings. The highest BCUT2D eigenvalue weighted by molar-refractivity contribution is 5.79. The van der Waals surface area contributed by atoms with Gasteiger partial charge in [-0.15, -0.1) is 0 Å². The zero-order chi connectivity index (χ0) is 13.9. The van der Waals surface area contributed by atoms with Crippen LogP contribution in [0.5, 0.6) is 0 Å². The maximum absolute atomic E-state index is 12.2. The molecule has 0 bridgehead atoms. The van der Waals surface area contributed by atoms with Gasteiger partial charge in [0.05, 0.1) is 19.1 Å². The molecule has 0 aromatic rings. The summed E-state index contributed by atoms with van der Waals surface area (Å²) in [5.74, 6) is 0.615. The van der Waals surface area contributed by atoms with Crippen molar-refractivity contribution in [1.82, 2.24) is 5.32 Å². The van der Waals surface area contributed by atoms with Crippen molar-refractivity contribution in [2.75, 3.05) is 19.8 Å². The molecule has 2 atom stereocenters. The van der Waals surface area contributed by atoms with Gasteiger partial charge in [0, 0.05) is 12.6 Å². The number of ether oxygens (including phenoxy) is 1. The zero-order valence-corrected chi connectivity index (χ0v) is 12.3. The van der Waals surface area contributed by atoms with Gasteiger partial charge in [-0.1, -0.05) is 26.7 Å². The Balaban J connectivity index is 1.86. The molecular formula is C15H28N2O2. The maximum atomic E-state index is 12.2. The van der Waals surface area contributed by atoms with Crippen molar-refractivity contribution in [2.24, 2.45) is 23.0 Å². The van der Waals surface area contributed by atoms with Crippen molar-refractivity contribution in [3.05, 3.63) is 0 Å². The first-order valence-electron chi connectivity index (χ1n) is 7.63. The van der Waals surface area contributed by atoms with E-state index >= 15 is 0 Å². The molecule has 1 aliphatic carbocycles. The van der Waals surface area contributed by atoms with E-state index in [1.165, 1.54) is 32.1 Å². The third-order valence-corrected chi connectivity index (χ3v) is 4.60. The third kappa shape index (κ3) is 3.69. The van der Waals surface area contributed by atoms with Crippen LogP contribution in [-0.4, -0.2) is 31.7 Å². The summed E-state index contributed by atoms with van der Waals surface area (Å²) in [6.07, 6.45) is 6.31. The molecule has 4 nitrogen and oxygen atoms in total. The predicted molar refractivity (Wildman–Crippen MR) is 75.7 cm³/mol. The molecule has 4 heteroatoms. The number of hydrogen-bond donors (Lipinski definition) is 2. The van der Waals surface area contributed by atoms with Gasteiger partial charge in [-0.05, 0) is 30.6 Å². The smallest absolute Gasteiger partial charge is 0.227 e. The lowest BCUT2D eigenvalue weighted by Crippen LogP contribution is -2.44. The van der Waals surface area contributed by atoms with Gasteiger partial charge >= 0.3 is 0 Å². The highest BCUT2D eigenvalue weighted by Crippen LogP contribution is 2.42. The first kappa shape index (κ1) is 14.8. The lowest BCUT2D eigenvalue weighted by molar-refractivity contribution is -0.125. The summed E-state index contributed by atoms with van der Waals surface area (Å²) in [4.78, 5) is 12.2. The molecule has 2 unspecified atom stereocenters. The molecule has 110 valence electrons. The Morgan fingerprint density at radius 1 is 1.37 bits per heavy atom. The van der Waals surface area contributed by atoms with Gasteiger partial charge in [-0.2, -0.15) is 0 Å². The van der Waals surface area contributed by atoms with Gasteiger partial charge in [0.25, 0.3) is 0 Å². The van der Waals surface area contributed by atoms with E-state index < -0.39 is 0 Å². The lowest BCUT2D eigenvalue weighted by atomic mass is 9.78. The fourth-order valence-corrected chi connectivity index (χ4v) is 3.69. The SMILES string of the molecule is CC(C)CC1(CNC(=O)C2COCC2N)CCCC1. The van der Waals surface area contributed by atoms with Crippen LogP contribution < -0.4 is 11.1 Å². The summed E-state index contributed by atoms with van der Waals surface area (Å²) >= 11 is 0. The second-order valence-electron chi connectivity index (χ2n) is 6.83. The Morgan fingerprint density at radius 2 is 2.05 bits per heavy atom. The van der Waals surface area contributed by atoms with E-state index in [4.69, 9.17) is 10.5 Å². The summed E-state index contributed by atoms with van der Waals surface area (Å²) in [7, 11) is 0. The summed E-state index contributed by atoms with van der Waals surface area (Å²) < 4.78 is 5.27. The van der Waals surface area contributed by atoms with Crippen LogP contribution in [0.1, 0.15) is 46.0 Å². The van der Waals surface area contributed by atoms with Crippen molar-refractivity contribution in [1.29, 1.82) is 0 Å². The molecule has 0 spiro atoms. The molecule has 19 heavy (non-hydrogen) atoms. The minimum absolute atomic E-state index is 0.0834. The normalized spacial score (nSPS) is 29.9. The second-order valence-corrected chi connectivity index (χ2v) is 6.83. The predicted octanol–water partition coefficient (Wildman–Crippen LogP) is 1.68. The quantitative estimate of drug-likeness (QED) is 0.797. The van der Waals surface area contributed by atoms with Crippen LogP contribution in [-0.2, 0) is 9.53 Å². The van der Waals surface area contributed by atoms with Crippen molar-refractivity contribution in [2.45, 2.75) is 52.0 Å². The van der Waals surface area contributed by atoms with Crippen molar-refractivity contribution < 1.29 is 9.53 Å². The average Bonchev–Trinajstić information content (AvgIpc) is 2.95. The fraction of sp³-hybridized carbons (Fsp3) is 0.933. The van der Waals surface area contributed by atoms with Crippen LogP contribution in [0.4, 0.5) is 0 Å². The van der Waals surface area contributed by atoms with E-state index in [2.05, 4.69) is 19.2 Å². The Hall–Kier alpha value is -0.610. The number of hydrogen-bond acceptors (Lipinski definition) is 3. The third-order valence-electron chi connectivity index (χ3n) is 4.60. The average molecular weight is 268 g/mol. The van der Waals surface area contributed by atoms with Gasteiger partial charge in [-0.3, -0.25) is 4.79 Å². The topological polar surface area (TPSA) is 64.3 Å². The van der Waals surface area contributed by atoms with Gasteiger partial charge in [0.15, 0.2) is 0 Å². The summed E-state index contributed by atoms with van der Waals surface area (Å²) in [6.45, 7) is 6.33. The van der Waals surface area contributed by atoms with Crippen LogP contribution in [0.3, 0.4) is 0 Å². The molecular weight excluding hydrogens is 240 g/mol. The molecule has 2 rings (SSSR count). The molecule has 0 aromatic carbocycles. The molecule has 1 amide bonds. The van der Waals surface area contributed by atoms with E-state index in [1.54, 1.807) is 0 Å². The van der Waals surface area contributed by atoms with E-state index in [-0.39, 0.29) is 17.9 Å². The van der Waals surface area contributed by atoms with E-state index in [9.17, 15) is 4.79 Å². The van der Waals surface area contributed by atoms with Gasteiger partial charge in [-0.25, -0.2) is 0 Å². The summed E-state index contributed by atoms with van der Waals surface area (Å²) in [5, 5.41) is 3.14. The Labute approximate surface area is 116 Å². The zero-order valence-electron chi connectivity index (χ0n) is 12.3. The molecule has 0 aromatic heterocycles. The summed E-state index contributed by atoms with van der Waals surface area (Å²) in [6, 6.07) is -0.135. The van der Waals surface area contributed by atoms with Crippen LogP contribution in [0.25, 0.3) is 0 Å². The molecule has 2 fully saturated rings. The number of nitrogens with two attached hydrogens (primary N) is 1. The first-order chi connectivity index (χ1) is 9.02. The number of carbonyl (C=O) groups is 1. The van der Waals surface area contributed by atoms with Gasteiger partial charge in [0.1, 0.15) is 0 Å². The van der Waals surface area contributed by atoms with Crippen LogP contribution in [0.2, 0.25) is 0 Å². The minimum atomic E-state index is -0.155. The van der Waals surface area contributed by atoms with Gasteiger partial charge < -0.3 is 15.8 Å². The van der Waals surface area contributed by atoms with Crippen LogP contribution in [0.15, 0.2) is 0 Å². The molecule has 1 saturated heterocycles. The fourth-order valence-electron chi connectivity index (χ4n) is 3.69. The molecule has 1 heterocycles.